The second kappa shape index (κ2) is 7.89. The zero-order chi connectivity index (χ0) is 17.8. The molecule has 3 rings (SSSR count). The van der Waals surface area contributed by atoms with Crippen LogP contribution in [0.25, 0.3) is 11.3 Å². The van der Waals surface area contributed by atoms with Crippen LogP contribution in [0, 0.1) is 11.7 Å². The predicted octanol–water partition coefficient (Wildman–Crippen LogP) is 2.14. The maximum atomic E-state index is 13.9. The smallest absolute Gasteiger partial charge is 0.266 e. The Morgan fingerprint density at radius 3 is 2.64 bits per heavy atom. The highest BCUT2D eigenvalue weighted by atomic mass is 19.1. The average Bonchev–Trinajstić information content (AvgIpc) is 2.59. The van der Waals surface area contributed by atoms with Crippen molar-refractivity contribution in [2.24, 2.45) is 5.92 Å². The number of aliphatic hydroxyl groups is 1. The molecular formula is C19H24FN3O2. The largest absolute Gasteiger partial charge is 0.390 e. The normalized spacial score (nSPS) is 17.6. The molecule has 1 atom stereocenters. The van der Waals surface area contributed by atoms with Gasteiger partial charge in [0.15, 0.2) is 0 Å². The number of hydrogen-bond donors (Lipinski definition) is 1. The quantitative estimate of drug-likeness (QED) is 0.902. The maximum Gasteiger partial charge on any atom is 0.266 e. The van der Waals surface area contributed by atoms with Crippen molar-refractivity contribution in [1.82, 2.24) is 14.7 Å². The molecular weight excluding hydrogens is 321 g/mol. The van der Waals surface area contributed by atoms with E-state index < -0.39 is 6.10 Å². The first-order chi connectivity index (χ1) is 12.0. The Kier molecular flexibility index (Phi) is 5.60. The fourth-order valence-electron chi connectivity index (χ4n) is 3.19. The lowest BCUT2D eigenvalue weighted by Gasteiger charge is -2.31. The summed E-state index contributed by atoms with van der Waals surface area (Å²) in [7, 11) is 0. The SMILES string of the molecule is CC1CCN(CC(O)Cn2nc(-c3ccccc3F)ccc2=O)CC1. The van der Waals surface area contributed by atoms with Crippen LogP contribution >= 0.6 is 0 Å². The van der Waals surface area contributed by atoms with Gasteiger partial charge in [-0.25, -0.2) is 9.07 Å². The van der Waals surface area contributed by atoms with Crippen molar-refractivity contribution in [3.63, 3.8) is 0 Å². The highest BCUT2D eigenvalue weighted by Crippen LogP contribution is 2.19. The van der Waals surface area contributed by atoms with Gasteiger partial charge in [0.05, 0.1) is 18.3 Å². The van der Waals surface area contributed by atoms with E-state index in [4.69, 9.17) is 0 Å². The van der Waals surface area contributed by atoms with Crippen LogP contribution in [-0.4, -0.2) is 45.5 Å². The van der Waals surface area contributed by atoms with E-state index in [1.165, 1.54) is 22.9 Å². The van der Waals surface area contributed by atoms with Crippen LogP contribution in [0.4, 0.5) is 4.39 Å². The van der Waals surface area contributed by atoms with Gasteiger partial charge in [-0.3, -0.25) is 4.79 Å². The number of nitrogens with zero attached hydrogens (tertiary/aromatic N) is 3. The highest BCUT2D eigenvalue weighted by molar-refractivity contribution is 5.58. The number of hydrogen-bond acceptors (Lipinski definition) is 4. The Hall–Kier alpha value is -2.05. The van der Waals surface area contributed by atoms with E-state index in [-0.39, 0.29) is 17.9 Å². The van der Waals surface area contributed by atoms with Gasteiger partial charge in [0.1, 0.15) is 5.82 Å². The maximum absolute atomic E-state index is 13.9. The summed E-state index contributed by atoms with van der Waals surface area (Å²) >= 11 is 0. The Labute approximate surface area is 146 Å². The molecule has 1 saturated heterocycles. The fraction of sp³-hybridized carbons (Fsp3) is 0.474. The fourth-order valence-corrected chi connectivity index (χ4v) is 3.19. The molecule has 6 heteroatoms. The number of halogens is 1. The Morgan fingerprint density at radius 1 is 1.20 bits per heavy atom. The minimum Gasteiger partial charge on any atom is -0.390 e. The minimum atomic E-state index is -0.686. The second-order valence-electron chi connectivity index (χ2n) is 6.86. The standard InChI is InChI=1S/C19H24FN3O2/c1-14-8-10-22(11-9-14)12-15(24)13-23-19(25)7-6-18(21-23)16-4-2-3-5-17(16)20/h2-7,14-15,24H,8-13H2,1H3. The molecule has 1 aromatic heterocycles. The number of piperidine rings is 1. The third-order valence-electron chi connectivity index (χ3n) is 4.75. The lowest BCUT2D eigenvalue weighted by molar-refractivity contribution is 0.0767. The van der Waals surface area contributed by atoms with Gasteiger partial charge in [-0.1, -0.05) is 19.1 Å². The van der Waals surface area contributed by atoms with Crippen molar-refractivity contribution >= 4 is 0 Å². The number of β-amino-alcohol motifs (C(OH)–C–C–N with tert-alkyl or cyclic N) is 1. The first kappa shape index (κ1) is 17.8. The molecule has 1 N–H and O–H groups in total. The zero-order valence-corrected chi connectivity index (χ0v) is 14.4. The van der Waals surface area contributed by atoms with Crippen LogP contribution in [0.1, 0.15) is 19.8 Å². The van der Waals surface area contributed by atoms with Crippen LogP contribution in [-0.2, 0) is 6.54 Å². The molecule has 5 nitrogen and oxygen atoms in total. The van der Waals surface area contributed by atoms with Crippen LogP contribution in [0.15, 0.2) is 41.2 Å². The van der Waals surface area contributed by atoms with Gasteiger partial charge in [-0.2, -0.15) is 5.10 Å². The Morgan fingerprint density at radius 2 is 1.92 bits per heavy atom. The third-order valence-corrected chi connectivity index (χ3v) is 4.75. The topological polar surface area (TPSA) is 58.4 Å². The summed E-state index contributed by atoms with van der Waals surface area (Å²) in [6.45, 7) is 4.80. The molecule has 1 fully saturated rings. The van der Waals surface area contributed by atoms with E-state index in [1.807, 2.05) is 0 Å². The van der Waals surface area contributed by atoms with Gasteiger partial charge in [0.25, 0.3) is 5.56 Å². The van der Waals surface area contributed by atoms with Crippen molar-refractivity contribution in [3.05, 3.63) is 52.6 Å². The molecule has 0 aliphatic carbocycles. The van der Waals surface area contributed by atoms with Crippen molar-refractivity contribution in [3.8, 4) is 11.3 Å². The molecule has 134 valence electrons. The molecule has 2 heterocycles. The summed E-state index contributed by atoms with van der Waals surface area (Å²) in [4.78, 5) is 14.3. The molecule has 0 radical (unpaired) electrons. The number of aromatic nitrogens is 2. The summed E-state index contributed by atoms with van der Waals surface area (Å²) in [5.74, 6) is 0.346. The van der Waals surface area contributed by atoms with Gasteiger partial charge in [-0.05, 0) is 50.0 Å². The first-order valence-corrected chi connectivity index (χ1v) is 8.76. The predicted molar refractivity (Wildman–Crippen MR) is 94.7 cm³/mol. The molecule has 0 amide bonds. The van der Waals surface area contributed by atoms with Crippen LogP contribution in [0.2, 0.25) is 0 Å². The van der Waals surface area contributed by atoms with Gasteiger partial charge in [0, 0.05) is 18.2 Å². The molecule has 0 saturated carbocycles. The third kappa shape index (κ3) is 4.52. The average molecular weight is 345 g/mol. The summed E-state index contributed by atoms with van der Waals surface area (Å²) in [6, 6.07) is 9.19. The second-order valence-corrected chi connectivity index (χ2v) is 6.86. The highest BCUT2D eigenvalue weighted by Gasteiger charge is 2.19. The number of likely N-dealkylation sites (tertiary alicyclic amines) is 1. The van der Waals surface area contributed by atoms with E-state index in [2.05, 4.69) is 16.9 Å². The number of benzene rings is 1. The lowest BCUT2D eigenvalue weighted by atomic mass is 9.99. The van der Waals surface area contributed by atoms with E-state index in [9.17, 15) is 14.3 Å². The minimum absolute atomic E-state index is 0.104. The zero-order valence-electron chi connectivity index (χ0n) is 14.4. The van der Waals surface area contributed by atoms with E-state index in [1.54, 1.807) is 18.2 Å². The van der Waals surface area contributed by atoms with Crippen LogP contribution in [0.5, 0.6) is 0 Å². The molecule has 0 spiro atoms. The van der Waals surface area contributed by atoms with Crippen molar-refractivity contribution in [2.45, 2.75) is 32.4 Å². The molecule has 1 aliphatic rings. The molecule has 1 aromatic carbocycles. The molecule has 1 aliphatic heterocycles. The van der Waals surface area contributed by atoms with Crippen molar-refractivity contribution in [1.29, 1.82) is 0 Å². The number of aliphatic hydroxyl groups excluding tert-OH is 1. The lowest BCUT2D eigenvalue weighted by Crippen LogP contribution is -2.41. The van der Waals surface area contributed by atoms with Crippen molar-refractivity contribution in [2.75, 3.05) is 19.6 Å². The summed E-state index contributed by atoms with van der Waals surface area (Å²) in [5.41, 5.74) is 0.430. The van der Waals surface area contributed by atoms with Gasteiger partial charge >= 0.3 is 0 Å². The summed E-state index contributed by atoms with van der Waals surface area (Å²) < 4.78 is 15.1. The molecule has 0 bridgehead atoms. The number of rotatable bonds is 5. The Balaban J connectivity index is 1.71. The summed E-state index contributed by atoms with van der Waals surface area (Å²) in [5, 5.41) is 14.6. The van der Waals surface area contributed by atoms with E-state index in [0.717, 1.165) is 31.8 Å². The molecule has 1 unspecified atom stereocenters. The molecule has 25 heavy (non-hydrogen) atoms. The van der Waals surface area contributed by atoms with Crippen LogP contribution in [0.3, 0.4) is 0 Å². The van der Waals surface area contributed by atoms with Crippen LogP contribution < -0.4 is 5.56 Å². The molecule has 2 aromatic rings. The monoisotopic (exact) mass is 345 g/mol. The van der Waals surface area contributed by atoms with E-state index in [0.29, 0.717) is 17.8 Å². The Bertz CT molecular complexity index is 769. The van der Waals surface area contributed by atoms with Gasteiger partial charge < -0.3 is 10.0 Å². The van der Waals surface area contributed by atoms with Crippen molar-refractivity contribution < 1.29 is 9.50 Å². The van der Waals surface area contributed by atoms with Gasteiger partial charge in [0.2, 0.25) is 0 Å². The summed E-state index contributed by atoms with van der Waals surface area (Å²) in [6.07, 6.45) is 1.58. The van der Waals surface area contributed by atoms with E-state index >= 15 is 0 Å². The first-order valence-electron chi connectivity index (χ1n) is 8.76. The van der Waals surface area contributed by atoms with Gasteiger partial charge in [-0.15, -0.1) is 0 Å².